The van der Waals surface area contributed by atoms with Gasteiger partial charge in [-0.3, -0.25) is 4.90 Å². The maximum Gasteiger partial charge on any atom is 0.338 e. The lowest BCUT2D eigenvalue weighted by Crippen LogP contribution is -2.51. The molecular formula is C24H26Cl2N4O3. The van der Waals surface area contributed by atoms with E-state index in [1.165, 1.54) is 0 Å². The van der Waals surface area contributed by atoms with Gasteiger partial charge in [0.25, 0.3) is 0 Å². The molecule has 2 aliphatic heterocycles. The van der Waals surface area contributed by atoms with Crippen molar-refractivity contribution in [3.05, 3.63) is 75.4 Å². The summed E-state index contributed by atoms with van der Waals surface area (Å²) in [6.07, 6.45) is 0. The number of anilines is 1. The molecule has 7 nitrogen and oxygen atoms in total. The standard InChI is InChI=1S/C24H26Cl2N4O3/c1-2-33-23(31)21-20(27-24(32)28-22(21)16-5-3-6-17(25)13-16)15-29-9-11-30(12-10-29)19-8-4-7-18(26)14-19/h3-8,13-14,22H,2,9-12,15H2,1H3,(H2,27,28,32). The van der Waals surface area contributed by atoms with Gasteiger partial charge in [-0.05, 0) is 42.8 Å². The Morgan fingerprint density at radius 3 is 2.42 bits per heavy atom. The summed E-state index contributed by atoms with van der Waals surface area (Å²) in [5, 5.41) is 6.93. The van der Waals surface area contributed by atoms with Crippen molar-refractivity contribution < 1.29 is 14.3 Å². The van der Waals surface area contributed by atoms with Gasteiger partial charge in [-0.2, -0.15) is 0 Å². The number of halogens is 2. The average Bonchev–Trinajstić information content (AvgIpc) is 2.79. The van der Waals surface area contributed by atoms with Crippen LogP contribution in [0, 0.1) is 0 Å². The van der Waals surface area contributed by atoms with Crippen molar-refractivity contribution in [2.75, 3.05) is 44.2 Å². The molecular weight excluding hydrogens is 463 g/mol. The summed E-state index contributed by atoms with van der Waals surface area (Å²) in [6, 6.07) is 13.9. The van der Waals surface area contributed by atoms with E-state index in [0.717, 1.165) is 37.4 Å². The third kappa shape index (κ3) is 5.61. The van der Waals surface area contributed by atoms with Crippen LogP contribution < -0.4 is 15.5 Å². The Bertz CT molecular complexity index is 1070. The molecule has 9 heteroatoms. The molecule has 2 aromatic carbocycles. The summed E-state index contributed by atoms with van der Waals surface area (Å²) >= 11 is 12.3. The fourth-order valence-electron chi connectivity index (χ4n) is 4.19. The van der Waals surface area contributed by atoms with E-state index in [-0.39, 0.29) is 12.6 Å². The minimum atomic E-state index is -0.640. The first-order valence-electron chi connectivity index (χ1n) is 10.9. The molecule has 0 aliphatic carbocycles. The monoisotopic (exact) mass is 488 g/mol. The normalized spacial score (nSPS) is 19.2. The highest BCUT2D eigenvalue weighted by Gasteiger charge is 2.34. The molecule has 0 aromatic heterocycles. The number of amides is 2. The highest BCUT2D eigenvalue weighted by atomic mass is 35.5. The maximum absolute atomic E-state index is 13.0. The number of carbonyl (C=O) groups excluding carboxylic acids is 2. The number of piperazine rings is 1. The number of nitrogens with zero attached hydrogens (tertiary/aromatic N) is 2. The van der Waals surface area contributed by atoms with E-state index >= 15 is 0 Å². The third-order valence-electron chi connectivity index (χ3n) is 5.76. The van der Waals surface area contributed by atoms with Crippen LogP contribution in [0.2, 0.25) is 10.0 Å². The van der Waals surface area contributed by atoms with Gasteiger partial charge in [0.2, 0.25) is 0 Å². The summed E-state index contributed by atoms with van der Waals surface area (Å²) in [6.45, 7) is 5.61. The number of hydrogen-bond donors (Lipinski definition) is 2. The van der Waals surface area contributed by atoms with Gasteiger partial charge >= 0.3 is 12.0 Å². The molecule has 0 radical (unpaired) electrons. The molecule has 1 saturated heterocycles. The second-order valence-electron chi connectivity index (χ2n) is 7.94. The van der Waals surface area contributed by atoms with Crippen LogP contribution in [0.4, 0.5) is 10.5 Å². The Labute approximate surface area is 203 Å². The first kappa shape index (κ1) is 23.4. The molecule has 2 heterocycles. The van der Waals surface area contributed by atoms with Crippen molar-refractivity contribution in [2.24, 2.45) is 0 Å². The number of carbonyl (C=O) groups is 2. The minimum absolute atomic E-state index is 0.240. The molecule has 2 aliphatic rings. The van der Waals surface area contributed by atoms with Crippen LogP contribution in [0.3, 0.4) is 0 Å². The van der Waals surface area contributed by atoms with Gasteiger partial charge < -0.3 is 20.3 Å². The number of benzene rings is 2. The summed E-state index contributed by atoms with van der Waals surface area (Å²) in [4.78, 5) is 29.9. The summed E-state index contributed by atoms with van der Waals surface area (Å²) in [7, 11) is 0. The molecule has 0 spiro atoms. The Balaban J connectivity index is 1.56. The van der Waals surface area contributed by atoms with Crippen molar-refractivity contribution >= 4 is 40.9 Å². The van der Waals surface area contributed by atoms with Gasteiger partial charge in [0.05, 0.1) is 18.2 Å². The number of urea groups is 1. The Kier molecular flexibility index (Phi) is 7.42. The largest absolute Gasteiger partial charge is 0.463 e. The lowest BCUT2D eigenvalue weighted by Gasteiger charge is -2.38. The second kappa shape index (κ2) is 10.5. The van der Waals surface area contributed by atoms with Crippen LogP contribution in [-0.4, -0.2) is 56.2 Å². The highest BCUT2D eigenvalue weighted by Crippen LogP contribution is 2.30. The van der Waals surface area contributed by atoms with E-state index in [1.807, 2.05) is 30.3 Å². The predicted octanol–water partition coefficient (Wildman–Crippen LogP) is 3.99. The lowest BCUT2D eigenvalue weighted by molar-refractivity contribution is -0.139. The van der Waals surface area contributed by atoms with Gasteiger partial charge in [0, 0.05) is 54.2 Å². The minimum Gasteiger partial charge on any atom is -0.463 e. The zero-order chi connectivity index (χ0) is 23.4. The van der Waals surface area contributed by atoms with Crippen molar-refractivity contribution in [3.63, 3.8) is 0 Å². The Morgan fingerprint density at radius 1 is 1.06 bits per heavy atom. The molecule has 1 unspecified atom stereocenters. The number of esters is 1. The fraction of sp³-hybridized carbons (Fsp3) is 0.333. The number of ether oxygens (including phenoxy) is 1. The molecule has 0 bridgehead atoms. The SMILES string of the molecule is CCOC(=O)C1=C(CN2CCN(c3cccc(Cl)c3)CC2)NC(=O)NC1c1cccc(Cl)c1. The van der Waals surface area contributed by atoms with E-state index in [1.54, 1.807) is 25.1 Å². The molecule has 1 atom stereocenters. The van der Waals surface area contributed by atoms with E-state index in [0.29, 0.717) is 27.9 Å². The summed E-state index contributed by atoms with van der Waals surface area (Å²) < 4.78 is 5.34. The van der Waals surface area contributed by atoms with Crippen LogP contribution in [0.1, 0.15) is 18.5 Å². The molecule has 1 fully saturated rings. The van der Waals surface area contributed by atoms with Crippen molar-refractivity contribution in [2.45, 2.75) is 13.0 Å². The maximum atomic E-state index is 13.0. The van der Waals surface area contributed by atoms with Gasteiger partial charge in [-0.1, -0.05) is 41.4 Å². The topological polar surface area (TPSA) is 73.9 Å². The number of rotatable bonds is 6. The number of hydrogen-bond acceptors (Lipinski definition) is 5. The van der Waals surface area contributed by atoms with E-state index in [2.05, 4.69) is 20.4 Å². The quantitative estimate of drug-likeness (QED) is 0.601. The molecule has 2 N–H and O–H groups in total. The third-order valence-corrected chi connectivity index (χ3v) is 6.23. The average molecular weight is 489 g/mol. The molecule has 2 aromatic rings. The molecule has 4 rings (SSSR count). The smallest absolute Gasteiger partial charge is 0.338 e. The van der Waals surface area contributed by atoms with Gasteiger partial charge in [-0.25, -0.2) is 9.59 Å². The van der Waals surface area contributed by atoms with Crippen LogP contribution in [-0.2, 0) is 9.53 Å². The van der Waals surface area contributed by atoms with E-state index in [4.69, 9.17) is 27.9 Å². The Morgan fingerprint density at radius 2 is 1.76 bits per heavy atom. The van der Waals surface area contributed by atoms with Crippen LogP contribution in [0.5, 0.6) is 0 Å². The summed E-state index contributed by atoms with van der Waals surface area (Å²) in [5.41, 5.74) is 2.77. The molecule has 174 valence electrons. The van der Waals surface area contributed by atoms with Gasteiger partial charge in [0.1, 0.15) is 0 Å². The van der Waals surface area contributed by atoms with Crippen molar-refractivity contribution in [1.29, 1.82) is 0 Å². The first-order valence-corrected chi connectivity index (χ1v) is 11.7. The first-order chi connectivity index (χ1) is 15.9. The van der Waals surface area contributed by atoms with Crippen LogP contribution >= 0.6 is 23.2 Å². The molecule has 33 heavy (non-hydrogen) atoms. The molecule has 0 saturated carbocycles. The highest BCUT2D eigenvalue weighted by molar-refractivity contribution is 6.31. The van der Waals surface area contributed by atoms with E-state index in [9.17, 15) is 9.59 Å². The van der Waals surface area contributed by atoms with Gasteiger partial charge in [0.15, 0.2) is 0 Å². The summed E-state index contributed by atoms with van der Waals surface area (Å²) in [5.74, 6) is -0.456. The zero-order valence-corrected chi connectivity index (χ0v) is 19.8. The Hall–Kier alpha value is -2.74. The van der Waals surface area contributed by atoms with Crippen LogP contribution in [0.15, 0.2) is 59.8 Å². The second-order valence-corrected chi connectivity index (χ2v) is 8.82. The lowest BCUT2D eigenvalue weighted by atomic mass is 9.95. The van der Waals surface area contributed by atoms with E-state index < -0.39 is 12.0 Å². The predicted molar refractivity (Wildman–Crippen MR) is 130 cm³/mol. The van der Waals surface area contributed by atoms with Gasteiger partial charge in [-0.15, -0.1) is 0 Å². The number of nitrogens with one attached hydrogen (secondary N) is 2. The fourth-order valence-corrected chi connectivity index (χ4v) is 4.57. The zero-order valence-electron chi connectivity index (χ0n) is 18.3. The van der Waals surface area contributed by atoms with Crippen LogP contribution in [0.25, 0.3) is 0 Å². The van der Waals surface area contributed by atoms with Crippen molar-refractivity contribution in [1.82, 2.24) is 15.5 Å². The van der Waals surface area contributed by atoms with Crippen molar-refractivity contribution in [3.8, 4) is 0 Å². The molecule has 2 amide bonds.